The average molecular weight is 660 g/mol. The standard InChI is InChI=1S/C37H45N3O8/c1-6-8-14-29(42)38(4)24(3)32(25-12-10-9-11-13-25)47-36(45)30-28-19-20-37(48-28)31(30)34(43)40(22-23-41)33(37)35(44)39(21-7-2)26-15-17-27(46-5)18-16-26/h6-7,9-13,15-18,24,28,30-33,41H,1-2,8,14,19-23H2,3-5H3/t24-,28+,30-,31-,32+,33+,37-/m0/s1. The molecule has 3 aliphatic heterocycles. The zero-order chi connectivity index (χ0) is 34.6. The lowest BCUT2D eigenvalue weighted by atomic mass is 9.70. The van der Waals surface area contributed by atoms with E-state index in [0.29, 0.717) is 36.3 Å². The molecule has 3 heterocycles. The topological polar surface area (TPSA) is 126 Å². The normalized spacial score (nSPS) is 25.2. The van der Waals surface area contributed by atoms with E-state index < -0.39 is 59.5 Å². The van der Waals surface area contributed by atoms with Gasteiger partial charge >= 0.3 is 5.97 Å². The van der Waals surface area contributed by atoms with Crippen molar-refractivity contribution in [1.29, 1.82) is 0 Å². The first-order valence-electron chi connectivity index (χ1n) is 16.4. The molecule has 3 saturated heterocycles. The number of fused-ring (bicyclic) bond motifs is 1. The summed E-state index contributed by atoms with van der Waals surface area (Å²) >= 11 is 0. The Hall–Kier alpha value is -4.48. The molecular weight excluding hydrogens is 614 g/mol. The number of carbonyl (C=O) groups excluding carboxylic acids is 4. The lowest BCUT2D eigenvalue weighted by Crippen LogP contribution is -2.56. The number of benzene rings is 2. The number of methoxy groups -OCH3 is 1. The van der Waals surface area contributed by atoms with Crippen LogP contribution >= 0.6 is 0 Å². The molecule has 2 aromatic carbocycles. The third-order valence-corrected chi connectivity index (χ3v) is 9.98. The first-order chi connectivity index (χ1) is 23.1. The molecule has 1 spiro atoms. The molecule has 256 valence electrons. The Bertz CT molecular complexity index is 1510. The molecule has 0 aliphatic carbocycles. The fourth-order valence-electron chi connectivity index (χ4n) is 7.53. The van der Waals surface area contributed by atoms with Crippen molar-refractivity contribution < 1.29 is 38.5 Å². The number of nitrogens with zero attached hydrogens (tertiary/aromatic N) is 3. The third-order valence-electron chi connectivity index (χ3n) is 9.98. The Balaban J connectivity index is 1.46. The number of likely N-dealkylation sites (N-methyl/N-ethyl adjacent to an activating group) is 1. The summed E-state index contributed by atoms with van der Waals surface area (Å²) in [5.74, 6) is -2.90. The van der Waals surface area contributed by atoms with E-state index in [4.69, 9.17) is 14.2 Å². The first-order valence-corrected chi connectivity index (χ1v) is 16.4. The quantitative estimate of drug-likeness (QED) is 0.227. The number of aliphatic hydroxyl groups is 1. The number of allylic oxidation sites excluding steroid dienone is 1. The van der Waals surface area contributed by atoms with Crippen LogP contribution in [-0.2, 0) is 28.7 Å². The van der Waals surface area contributed by atoms with Gasteiger partial charge in [0.2, 0.25) is 11.8 Å². The van der Waals surface area contributed by atoms with Crippen LogP contribution in [0.25, 0.3) is 0 Å². The number of hydrogen-bond donors (Lipinski definition) is 1. The van der Waals surface area contributed by atoms with Crippen LogP contribution in [0.1, 0.15) is 44.3 Å². The molecule has 2 aromatic rings. The van der Waals surface area contributed by atoms with E-state index in [1.54, 1.807) is 55.5 Å². The van der Waals surface area contributed by atoms with E-state index in [-0.39, 0.29) is 32.0 Å². The van der Waals surface area contributed by atoms with Crippen LogP contribution in [0.2, 0.25) is 0 Å². The molecule has 0 unspecified atom stereocenters. The fraction of sp³-hybridized carbons (Fsp3) is 0.459. The maximum Gasteiger partial charge on any atom is 0.313 e. The highest BCUT2D eigenvalue weighted by atomic mass is 16.6. The van der Waals surface area contributed by atoms with Crippen LogP contribution in [0, 0.1) is 11.8 Å². The van der Waals surface area contributed by atoms with Gasteiger partial charge in [0.15, 0.2) is 0 Å². The summed E-state index contributed by atoms with van der Waals surface area (Å²) in [5, 5.41) is 10.0. The second-order valence-electron chi connectivity index (χ2n) is 12.6. The molecule has 0 radical (unpaired) electrons. The smallest absolute Gasteiger partial charge is 0.313 e. The molecule has 3 fully saturated rings. The highest BCUT2D eigenvalue weighted by molar-refractivity contribution is 6.04. The second-order valence-corrected chi connectivity index (χ2v) is 12.6. The largest absolute Gasteiger partial charge is 0.497 e. The Kier molecular flexibility index (Phi) is 10.7. The van der Waals surface area contributed by atoms with Crippen LogP contribution in [0.4, 0.5) is 5.69 Å². The molecule has 2 bridgehead atoms. The molecule has 11 heteroatoms. The van der Waals surface area contributed by atoms with Gasteiger partial charge in [-0.15, -0.1) is 13.2 Å². The number of carbonyl (C=O) groups is 4. The zero-order valence-electron chi connectivity index (χ0n) is 27.8. The highest BCUT2D eigenvalue weighted by Gasteiger charge is 2.75. The molecule has 48 heavy (non-hydrogen) atoms. The van der Waals surface area contributed by atoms with Gasteiger partial charge in [0.05, 0.1) is 37.7 Å². The van der Waals surface area contributed by atoms with Crippen LogP contribution in [0.3, 0.4) is 0 Å². The summed E-state index contributed by atoms with van der Waals surface area (Å²) in [6, 6.07) is 14.6. The van der Waals surface area contributed by atoms with E-state index in [1.165, 1.54) is 9.80 Å². The summed E-state index contributed by atoms with van der Waals surface area (Å²) in [7, 11) is 3.23. The minimum absolute atomic E-state index is 0.102. The summed E-state index contributed by atoms with van der Waals surface area (Å²) in [5.41, 5.74) is -0.00537. The summed E-state index contributed by atoms with van der Waals surface area (Å²) < 4.78 is 18.1. The number of amides is 3. The number of likely N-dealkylation sites (tertiary alicyclic amines) is 1. The average Bonchev–Trinajstić information content (AvgIpc) is 3.75. The fourth-order valence-corrected chi connectivity index (χ4v) is 7.53. The van der Waals surface area contributed by atoms with Gasteiger partial charge in [-0.2, -0.15) is 0 Å². The Morgan fingerprint density at radius 3 is 2.46 bits per heavy atom. The van der Waals surface area contributed by atoms with Crippen molar-refractivity contribution in [1.82, 2.24) is 9.80 Å². The Morgan fingerprint density at radius 2 is 1.83 bits per heavy atom. The molecule has 3 aliphatic rings. The number of esters is 1. The highest BCUT2D eigenvalue weighted by Crippen LogP contribution is 2.59. The lowest BCUT2D eigenvalue weighted by molar-refractivity contribution is -0.164. The lowest BCUT2D eigenvalue weighted by Gasteiger charge is -2.36. The van der Waals surface area contributed by atoms with Gasteiger partial charge in [-0.3, -0.25) is 19.2 Å². The second kappa shape index (κ2) is 14.7. The van der Waals surface area contributed by atoms with Crippen molar-refractivity contribution in [3.05, 3.63) is 85.5 Å². The zero-order valence-corrected chi connectivity index (χ0v) is 27.8. The number of anilines is 1. The first kappa shape index (κ1) is 34.8. The number of rotatable bonds is 15. The summed E-state index contributed by atoms with van der Waals surface area (Å²) in [6.07, 6.45) is 3.45. The van der Waals surface area contributed by atoms with Crippen molar-refractivity contribution in [2.75, 3.05) is 38.8 Å². The van der Waals surface area contributed by atoms with Crippen molar-refractivity contribution in [2.24, 2.45) is 11.8 Å². The predicted octanol–water partition coefficient (Wildman–Crippen LogP) is 3.68. The molecule has 1 N–H and O–H groups in total. The number of ether oxygens (including phenoxy) is 3. The van der Waals surface area contributed by atoms with Gasteiger partial charge in [-0.05, 0) is 56.0 Å². The van der Waals surface area contributed by atoms with E-state index in [1.807, 2.05) is 37.3 Å². The molecule has 7 atom stereocenters. The Morgan fingerprint density at radius 1 is 1.12 bits per heavy atom. The van der Waals surface area contributed by atoms with Gasteiger partial charge < -0.3 is 34.0 Å². The summed E-state index contributed by atoms with van der Waals surface area (Å²) in [4.78, 5) is 60.4. The molecule has 5 rings (SSSR count). The van der Waals surface area contributed by atoms with Crippen LogP contribution in [0.5, 0.6) is 5.75 Å². The van der Waals surface area contributed by atoms with Crippen LogP contribution in [-0.4, -0.2) is 96.2 Å². The van der Waals surface area contributed by atoms with Crippen molar-refractivity contribution in [3.8, 4) is 5.75 Å². The van der Waals surface area contributed by atoms with E-state index in [2.05, 4.69) is 13.2 Å². The molecular formula is C37H45N3O8. The molecule has 11 nitrogen and oxygen atoms in total. The number of β-amino-alcohol motifs (C(OH)–C–C–N with tert-alkyl or cyclic N) is 1. The summed E-state index contributed by atoms with van der Waals surface area (Å²) in [6.45, 7) is 9.03. The van der Waals surface area contributed by atoms with Gasteiger partial charge in [0.25, 0.3) is 5.91 Å². The van der Waals surface area contributed by atoms with Crippen LogP contribution in [0.15, 0.2) is 79.9 Å². The van der Waals surface area contributed by atoms with E-state index >= 15 is 0 Å². The third kappa shape index (κ3) is 6.24. The SMILES string of the molecule is C=CCCC(=O)N(C)[C@@H](C)[C@@H](OC(=O)[C@@H]1[C@H]2C(=O)N(CCO)[C@H](C(=O)N(CC=C)c3ccc(OC)cc3)[C@]23CC[C@H]1O3)c1ccccc1. The molecule has 0 saturated carbocycles. The van der Waals surface area contributed by atoms with Gasteiger partial charge in [-0.1, -0.05) is 42.5 Å². The maximum absolute atomic E-state index is 14.5. The number of hydrogen-bond acceptors (Lipinski definition) is 8. The van der Waals surface area contributed by atoms with Gasteiger partial charge in [-0.25, -0.2) is 0 Å². The van der Waals surface area contributed by atoms with E-state index in [0.717, 1.165) is 0 Å². The maximum atomic E-state index is 14.5. The monoisotopic (exact) mass is 659 g/mol. The minimum atomic E-state index is -1.28. The van der Waals surface area contributed by atoms with Gasteiger partial charge in [0.1, 0.15) is 23.5 Å². The van der Waals surface area contributed by atoms with Crippen molar-refractivity contribution in [3.63, 3.8) is 0 Å². The molecule has 3 amide bonds. The minimum Gasteiger partial charge on any atom is -0.497 e. The predicted molar refractivity (Wildman–Crippen MR) is 179 cm³/mol. The Labute approximate surface area is 281 Å². The van der Waals surface area contributed by atoms with E-state index in [9.17, 15) is 24.3 Å². The van der Waals surface area contributed by atoms with Crippen molar-refractivity contribution in [2.45, 2.75) is 62.5 Å². The van der Waals surface area contributed by atoms with Gasteiger partial charge in [0, 0.05) is 32.2 Å². The molecule has 0 aromatic heterocycles. The van der Waals surface area contributed by atoms with Crippen LogP contribution < -0.4 is 9.64 Å². The van der Waals surface area contributed by atoms with Crippen molar-refractivity contribution >= 4 is 29.4 Å². The number of aliphatic hydroxyl groups excluding tert-OH is 1.